The van der Waals surface area contributed by atoms with Crippen LogP contribution in [0.4, 0.5) is 0 Å². The van der Waals surface area contributed by atoms with E-state index >= 15 is 0 Å². The monoisotopic (exact) mass is 283 g/mol. The fraction of sp³-hybridized carbons (Fsp3) is 0.188. The molecule has 1 atom stereocenters. The van der Waals surface area contributed by atoms with Gasteiger partial charge in [0.15, 0.2) is 12.2 Å². The van der Waals surface area contributed by atoms with E-state index in [1.807, 2.05) is 0 Å². The van der Waals surface area contributed by atoms with Crippen molar-refractivity contribution >= 4 is 11.8 Å². The minimum Gasteiger partial charge on any atom is -0.472 e. The topological polar surface area (TPSA) is 80.4 Å². The highest BCUT2D eigenvalue weighted by Crippen LogP contribution is 2.23. The molecular formula is C16H13NO4. The van der Waals surface area contributed by atoms with Crippen LogP contribution < -0.4 is 0 Å². The Morgan fingerprint density at radius 3 is 2.67 bits per heavy atom. The predicted molar refractivity (Wildman–Crippen MR) is 74.9 cm³/mol. The van der Waals surface area contributed by atoms with Crippen molar-refractivity contribution in [2.75, 3.05) is 0 Å². The predicted octanol–water partition coefficient (Wildman–Crippen LogP) is 2.41. The molecule has 2 rings (SSSR count). The largest absolute Gasteiger partial charge is 0.472 e. The summed E-state index contributed by atoms with van der Waals surface area (Å²) < 4.78 is 5.12. The van der Waals surface area contributed by atoms with Crippen LogP contribution in [-0.2, 0) is 4.79 Å². The second-order valence-electron chi connectivity index (χ2n) is 4.48. The first-order chi connectivity index (χ1) is 10.0. The molecule has 106 valence electrons. The van der Waals surface area contributed by atoms with Crippen molar-refractivity contribution in [3.63, 3.8) is 0 Å². The van der Waals surface area contributed by atoms with Gasteiger partial charge in [0.2, 0.25) is 5.78 Å². The first-order valence-corrected chi connectivity index (χ1v) is 6.29. The van der Waals surface area contributed by atoms with Crippen LogP contribution >= 0.6 is 0 Å². The van der Waals surface area contributed by atoms with Gasteiger partial charge in [-0.25, -0.2) is 9.78 Å². The third-order valence-electron chi connectivity index (χ3n) is 3.02. The highest BCUT2D eigenvalue weighted by molar-refractivity contribution is 6.08. The number of aromatic nitrogens is 1. The number of benzene rings is 1. The average molecular weight is 283 g/mol. The van der Waals surface area contributed by atoms with E-state index in [1.54, 1.807) is 38.1 Å². The van der Waals surface area contributed by atoms with Gasteiger partial charge in [0, 0.05) is 17.4 Å². The number of aryl methyl sites for hydroxylation is 1. The number of nitrogens with zero attached hydrogens (tertiary/aromatic N) is 1. The van der Waals surface area contributed by atoms with Crippen LogP contribution in [0, 0.1) is 18.8 Å². The first kappa shape index (κ1) is 14.5. The summed E-state index contributed by atoms with van der Waals surface area (Å²) in [6, 6.07) is 6.93. The van der Waals surface area contributed by atoms with Gasteiger partial charge >= 0.3 is 5.97 Å². The summed E-state index contributed by atoms with van der Waals surface area (Å²) in [6.45, 7) is 3.43. The second-order valence-corrected chi connectivity index (χ2v) is 4.48. The van der Waals surface area contributed by atoms with E-state index in [4.69, 9.17) is 9.52 Å². The number of carboxylic acids is 1. The molecule has 5 heteroatoms. The van der Waals surface area contributed by atoms with Gasteiger partial charge < -0.3 is 9.52 Å². The van der Waals surface area contributed by atoms with E-state index in [2.05, 4.69) is 16.8 Å². The summed E-state index contributed by atoms with van der Waals surface area (Å²) >= 11 is 0. The Bertz CT molecular complexity index is 749. The Labute approximate surface area is 121 Å². The normalized spacial score (nSPS) is 11.3. The van der Waals surface area contributed by atoms with Crippen molar-refractivity contribution in [3.05, 3.63) is 53.2 Å². The molecule has 2 aromatic rings. The number of ketones is 1. The van der Waals surface area contributed by atoms with Crippen LogP contribution in [0.2, 0.25) is 0 Å². The molecule has 0 spiro atoms. The number of hydrogen-bond acceptors (Lipinski definition) is 4. The Balaban J connectivity index is 2.43. The molecule has 0 radical (unpaired) electrons. The van der Waals surface area contributed by atoms with Gasteiger partial charge in [-0.1, -0.05) is 30.2 Å². The number of carbonyl (C=O) groups is 2. The molecule has 21 heavy (non-hydrogen) atoms. The van der Waals surface area contributed by atoms with Gasteiger partial charge in [0.05, 0.1) is 5.69 Å². The lowest BCUT2D eigenvalue weighted by atomic mass is 9.93. The Hall–Kier alpha value is -2.87. The van der Waals surface area contributed by atoms with Gasteiger partial charge in [-0.3, -0.25) is 4.79 Å². The van der Waals surface area contributed by atoms with Gasteiger partial charge in [0.1, 0.15) is 0 Å². The lowest BCUT2D eigenvalue weighted by Gasteiger charge is -2.10. The molecule has 0 saturated carbocycles. The van der Waals surface area contributed by atoms with E-state index in [0.717, 1.165) is 0 Å². The molecule has 0 aliphatic heterocycles. The van der Waals surface area contributed by atoms with Crippen molar-refractivity contribution in [2.45, 2.75) is 19.8 Å². The standard InChI is InChI=1S/C16H13NO4/c1-10(7-8-14(18)19)12-5-3-4-6-13(12)15(20)16-11(2)17-9-21-16/h3-6,9-10H,1-2H3,(H,18,19). The molecule has 5 nitrogen and oxygen atoms in total. The third-order valence-corrected chi connectivity index (χ3v) is 3.02. The van der Waals surface area contributed by atoms with E-state index in [9.17, 15) is 9.59 Å². The zero-order valence-corrected chi connectivity index (χ0v) is 11.6. The van der Waals surface area contributed by atoms with Crippen molar-refractivity contribution in [1.29, 1.82) is 0 Å². The Morgan fingerprint density at radius 1 is 1.33 bits per heavy atom. The van der Waals surface area contributed by atoms with E-state index in [0.29, 0.717) is 16.8 Å². The van der Waals surface area contributed by atoms with Crippen LogP contribution in [0.1, 0.15) is 40.2 Å². The number of oxazole rings is 1. The molecule has 1 unspecified atom stereocenters. The van der Waals surface area contributed by atoms with Crippen molar-refractivity contribution in [3.8, 4) is 11.8 Å². The fourth-order valence-corrected chi connectivity index (χ4v) is 1.97. The molecule has 0 aliphatic carbocycles. The van der Waals surface area contributed by atoms with E-state index in [-0.39, 0.29) is 17.5 Å². The number of carboxylic acid groups (broad SMARTS) is 1. The number of hydrogen-bond donors (Lipinski definition) is 1. The minimum atomic E-state index is -1.20. The van der Waals surface area contributed by atoms with Crippen LogP contribution in [0.3, 0.4) is 0 Å². The highest BCUT2D eigenvalue weighted by Gasteiger charge is 2.20. The van der Waals surface area contributed by atoms with Crippen molar-refractivity contribution in [1.82, 2.24) is 4.98 Å². The summed E-state index contributed by atoms with van der Waals surface area (Å²) in [7, 11) is 0. The average Bonchev–Trinajstić information content (AvgIpc) is 2.90. The molecule has 0 amide bonds. The van der Waals surface area contributed by atoms with Crippen LogP contribution in [0.15, 0.2) is 35.1 Å². The van der Waals surface area contributed by atoms with Crippen LogP contribution in [-0.4, -0.2) is 21.8 Å². The Morgan fingerprint density at radius 2 is 2.05 bits per heavy atom. The Kier molecular flexibility index (Phi) is 4.19. The molecular weight excluding hydrogens is 270 g/mol. The quantitative estimate of drug-likeness (QED) is 0.691. The first-order valence-electron chi connectivity index (χ1n) is 6.29. The molecule has 0 saturated heterocycles. The van der Waals surface area contributed by atoms with Gasteiger partial charge in [0.25, 0.3) is 0 Å². The molecule has 0 aliphatic rings. The minimum absolute atomic E-state index is 0.181. The zero-order chi connectivity index (χ0) is 15.4. The summed E-state index contributed by atoms with van der Waals surface area (Å²) in [5.74, 6) is 2.99. The SMILES string of the molecule is Cc1ncoc1C(=O)c1ccccc1C(C)C#CC(=O)O. The van der Waals surface area contributed by atoms with Gasteiger partial charge in [-0.15, -0.1) is 0 Å². The lowest BCUT2D eigenvalue weighted by Crippen LogP contribution is -2.07. The maximum absolute atomic E-state index is 12.5. The smallest absolute Gasteiger partial charge is 0.381 e. The third kappa shape index (κ3) is 3.18. The zero-order valence-electron chi connectivity index (χ0n) is 11.6. The maximum atomic E-state index is 12.5. The van der Waals surface area contributed by atoms with Gasteiger partial charge in [-0.2, -0.15) is 0 Å². The molecule has 0 bridgehead atoms. The van der Waals surface area contributed by atoms with Crippen LogP contribution in [0.25, 0.3) is 0 Å². The van der Waals surface area contributed by atoms with E-state index in [1.165, 1.54) is 6.39 Å². The fourth-order valence-electron chi connectivity index (χ4n) is 1.97. The molecule has 1 N–H and O–H groups in total. The van der Waals surface area contributed by atoms with Gasteiger partial charge in [-0.05, 0) is 19.4 Å². The maximum Gasteiger partial charge on any atom is 0.381 e. The number of aliphatic carboxylic acids is 1. The number of rotatable bonds is 3. The molecule has 1 aromatic carbocycles. The lowest BCUT2D eigenvalue weighted by molar-refractivity contribution is -0.130. The van der Waals surface area contributed by atoms with E-state index < -0.39 is 5.97 Å². The molecule has 1 heterocycles. The summed E-state index contributed by atoms with van der Waals surface area (Å²) in [5, 5.41) is 8.61. The van der Waals surface area contributed by atoms with Crippen LogP contribution in [0.5, 0.6) is 0 Å². The molecule has 0 fully saturated rings. The second kappa shape index (κ2) is 6.06. The molecule has 1 aromatic heterocycles. The summed E-state index contributed by atoms with van der Waals surface area (Å²) in [6.07, 6.45) is 1.22. The highest BCUT2D eigenvalue weighted by atomic mass is 16.4. The number of carbonyl (C=O) groups excluding carboxylic acids is 1. The summed E-state index contributed by atoms with van der Waals surface area (Å²) in [4.78, 5) is 26.9. The summed E-state index contributed by atoms with van der Waals surface area (Å²) in [5.41, 5.74) is 1.61. The van der Waals surface area contributed by atoms with Crippen molar-refractivity contribution in [2.24, 2.45) is 0 Å². The van der Waals surface area contributed by atoms with Crippen molar-refractivity contribution < 1.29 is 19.1 Å².